The summed E-state index contributed by atoms with van der Waals surface area (Å²) in [7, 11) is 0. The van der Waals surface area contributed by atoms with E-state index in [1.165, 1.54) is 12.5 Å². The van der Waals surface area contributed by atoms with E-state index in [1.807, 2.05) is 0 Å². The molecule has 1 fully saturated rings. The maximum atomic E-state index is 13.3. The molecule has 1 N–H and O–H groups in total. The minimum absolute atomic E-state index is 0.0181. The number of amides is 1. The van der Waals surface area contributed by atoms with Gasteiger partial charge in [-0.3, -0.25) is 4.79 Å². The van der Waals surface area contributed by atoms with Gasteiger partial charge < -0.3 is 10.1 Å². The summed E-state index contributed by atoms with van der Waals surface area (Å²) in [5.74, 6) is 0.479. The summed E-state index contributed by atoms with van der Waals surface area (Å²) in [6.07, 6.45) is 3.55. The first-order valence-electron chi connectivity index (χ1n) is 6.82. The Morgan fingerprint density at radius 2 is 2.21 bits per heavy atom. The van der Waals surface area contributed by atoms with Crippen molar-refractivity contribution in [1.82, 2.24) is 5.32 Å². The third-order valence-corrected chi connectivity index (χ3v) is 3.48. The number of carbonyl (C=O) groups is 1. The summed E-state index contributed by atoms with van der Waals surface area (Å²) in [5, 5.41) is 3.00. The summed E-state index contributed by atoms with van der Waals surface area (Å²) in [6.45, 7) is 2.41. The van der Waals surface area contributed by atoms with Crippen molar-refractivity contribution in [3.8, 4) is 5.75 Å². The average molecular weight is 265 g/mol. The molecule has 0 saturated heterocycles. The molecule has 0 spiro atoms. The van der Waals surface area contributed by atoms with Gasteiger partial charge in [0.05, 0.1) is 13.0 Å². The van der Waals surface area contributed by atoms with Gasteiger partial charge in [-0.15, -0.1) is 0 Å². The molecule has 19 heavy (non-hydrogen) atoms. The highest BCUT2D eigenvalue weighted by atomic mass is 19.1. The molecule has 4 heteroatoms. The monoisotopic (exact) mass is 265 g/mol. The first-order valence-corrected chi connectivity index (χ1v) is 6.82. The van der Waals surface area contributed by atoms with Gasteiger partial charge in [-0.05, 0) is 37.3 Å². The molecule has 0 bridgehead atoms. The van der Waals surface area contributed by atoms with E-state index in [4.69, 9.17) is 4.74 Å². The standard InChI is InChI=1S/C15H20FNO2/c1-11-6-7-12(10-11)17-15(18)8-9-19-14-5-3-2-4-13(14)16/h2-5,11-12H,6-10H2,1H3,(H,17,18). The van der Waals surface area contributed by atoms with Crippen LogP contribution >= 0.6 is 0 Å². The lowest BCUT2D eigenvalue weighted by Gasteiger charge is -2.12. The van der Waals surface area contributed by atoms with Gasteiger partial charge in [0, 0.05) is 6.04 Å². The first-order chi connectivity index (χ1) is 9.15. The topological polar surface area (TPSA) is 38.3 Å². The highest BCUT2D eigenvalue weighted by Gasteiger charge is 2.22. The molecule has 2 unspecified atom stereocenters. The smallest absolute Gasteiger partial charge is 0.223 e. The van der Waals surface area contributed by atoms with E-state index in [0.717, 1.165) is 12.8 Å². The van der Waals surface area contributed by atoms with Crippen LogP contribution in [0.2, 0.25) is 0 Å². The highest BCUT2D eigenvalue weighted by molar-refractivity contribution is 5.76. The Labute approximate surface area is 113 Å². The number of carbonyl (C=O) groups excluding carboxylic acids is 1. The second-order valence-electron chi connectivity index (χ2n) is 5.21. The number of hydrogen-bond donors (Lipinski definition) is 1. The number of rotatable bonds is 5. The zero-order valence-electron chi connectivity index (χ0n) is 11.2. The van der Waals surface area contributed by atoms with E-state index >= 15 is 0 Å². The van der Waals surface area contributed by atoms with Crippen molar-refractivity contribution in [1.29, 1.82) is 0 Å². The molecule has 1 aromatic carbocycles. The van der Waals surface area contributed by atoms with Gasteiger partial charge in [0.25, 0.3) is 0 Å². The van der Waals surface area contributed by atoms with Crippen LogP contribution in [0.15, 0.2) is 24.3 Å². The quantitative estimate of drug-likeness (QED) is 0.889. The summed E-state index contributed by atoms with van der Waals surface area (Å²) in [4.78, 5) is 11.7. The van der Waals surface area contributed by atoms with Crippen LogP contribution < -0.4 is 10.1 Å². The third kappa shape index (κ3) is 4.23. The Hall–Kier alpha value is -1.58. The van der Waals surface area contributed by atoms with Crippen LogP contribution in [-0.2, 0) is 4.79 Å². The second kappa shape index (κ2) is 6.55. The van der Waals surface area contributed by atoms with E-state index < -0.39 is 5.82 Å². The van der Waals surface area contributed by atoms with E-state index in [1.54, 1.807) is 18.2 Å². The minimum Gasteiger partial charge on any atom is -0.490 e. The highest BCUT2D eigenvalue weighted by Crippen LogP contribution is 2.24. The fourth-order valence-electron chi connectivity index (χ4n) is 2.45. The van der Waals surface area contributed by atoms with Gasteiger partial charge >= 0.3 is 0 Å². The lowest BCUT2D eigenvalue weighted by molar-refractivity contribution is -0.122. The molecule has 1 aromatic rings. The maximum Gasteiger partial charge on any atom is 0.223 e. The number of para-hydroxylation sites is 1. The van der Waals surface area contributed by atoms with Crippen molar-refractivity contribution >= 4 is 5.91 Å². The van der Waals surface area contributed by atoms with E-state index in [2.05, 4.69) is 12.2 Å². The number of nitrogens with one attached hydrogen (secondary N) is 1. The summed E-state index contributed by atoms with van der Waals surface area (Å²) in [6, 6.07) is 6.52. The Balaban J connectivity index is 1.68. The van der Waals surface area contributed by atoms with Crippen molar-refractivity contribution in [2.75, 3.05) is 6.61 Å². The molecule has 0 aliphatic heterocycles. The molecule has 2 atom stereocenters. The Morgan fingerprint density at radius 1 is 1.42 bits per heavy atom. The zero-order valence-corrected chi connectivity index (χ0v) is 11.2. The Morgan fingerprint density at radius 3 is 2.89 bits per heavy atom. The lowest BCUT2D eigenvalue weighted by atomic mass is 10.1. The average Bonchev–Trinajstić information content (AvgIpc) is 2.77. The molecule has 0 aromatic heterocycles. The molecule has 1 saturated carbocycles. The van der Waals surface area contributed by atoms with Crippen LogP contribution in [-0.4, -0.2) is 18.6 Å². The SMILES string of the molecule is CC1CCC(NC(=O)CCOc2ccccc2F)C1. The predicted molar refractivity (Wildman–Crippen MR) is 71.5 cm³/mol. The first kappa shape index (κ1) is 13.8. The number of halogens is 1. The third-order valence-electron chi connectivity index (χ3n) is 3.48. The predicted octanol–water partition coefficient (Wildman–Crippen LogP) is 2.90. The van der Waals surface area contributed by atoms with Crippen LogP contribution in [0.25, 0.3) is 0 Å². The Bertz CT molecular complexity index is 436. The van der Waals surface area contributed by atoms with Crippen molar-refractivity contribution in [3.63, 3.8) is 0 Å². The van der Waals surface area contributed by atoms with Gasteiger partial charge in [0.2, 0.25) is 5.91 Å². The normalized spacial score (nSPS) is 22.2. The minimum atomic E-state index is -0.396. The summed E-state index contributed by atoms with van der Waals surface area (Å²) >= 11 is 0. The van der Waals surface area contributed by atoms with E-state index in [9.17, 15) is 9.18 Å². The van der Waals surface area contributed by atoms with Crippen LogP contribution in [0, 0.1) is 11.7 Å². The molecule has 1 aliphatic carbocycles. The molecule has 3 nitrogen and oxygen atoms in total. The molecule has 104 valence electrons. The van der Waals surface area contributed by atoms with Gasteiger partial charge in [0.1, 0.15) is 0 Å². The van der Waals surface area contributed by atoms with Crippen LogP contribution in [0.4, 0.5) is 4.39 Å². The number of benzene rings is 1. The maximum absolute atomic E-state index is 13.3. The fraction of sp³-hybridized carbons (Fsp3) is 0.533. The molecule has 1 amide bonds. The van der Waals surface area contributed by atoms with Crippen LogP contribution in [0.3, 0.4) is 0 Å². The van der Waals surface area contributed by atoms with Crippen molar-refractivity contribution in [3.05, 3.63) is 30.1 Å². The Kier molecular flexibility index (Phi) is 4.77. The second-order valence-corrected chi connectivity index (χ2v) is 5.21. The molecule has 2 rings (SSSR count). The summed E-state index contributed by atoms with van der Waals surface area (Å²) < 4.78 is 18.5. The lowest BCUT2D eigenvalue weighted by Crippen LogP contribution is -2.33. The van der Waals surface area contributed by atoms with Gasteiger partial charge in [0.15, 0.2) is 11.6 Å². The van der Waals surface area contributed by atoms with Gasteiger partial charge in [-0.1, -0.05) is 19.1 Å². The largest absolute Gasteiger partial charge is 0.490 e. The molecular formula is C15H20FNO2. The number of hydrogen-bond acceptors (Lipinski definition) is 2. The van der Waals surface area contributed by atoms with Crippen LogP contribution in [0.5, 0.6) is 5.75 Å². The molecular weight excluding hydrogens is 245 g/mol. The van der Waals surface area contributed by atoms with E-state index in [0.29, 0.717) is 12.0 Å². The fourth-order valence-corrected chi connectivity index (χ4v) is 2.45. The van der Waals surface area contributed by atoms with Gasteiger partial charge in [-0.2, -0.15) is 0 Å². The molecule has 0 radical (unpaired) electrons. The van der Waals surface area contributed by atoms with Gasteiger partial charge in [-0.25, -0.2) is 4.39 Å². The van der Waals surface area contributed by atoms with Crippen molar-refractivity contribution < 1.29 is 13.9 Å². The molecule has 1 aliphatic rings. The number of ether oxygens (including phenoxy) is 1. The summed E-state index contributed by atoms with van der Waals surface area (Å²) in [5.41, 5.74) is 0. The van der Waals surface area contributed by atoms with Crippen LogP contribution in [0.1, 0.15) is 32.6 Å². The zero-order chi connectivity index (χ0) is 13.7. The molecule has 0 heterocycles. The van der Waals surface area contributed by atoms with Crippen molar-refractivity contribution in [2.45, 2.75) is 38.6 Å². The van der Waals surface area contributed by atoms with Crippen molar-refractivity contribution in [2.24, 2.45) is 5.92 Å². The van der Waals surface area contributed by atoms with E-state index in [-0.39, 0.29) is 24.7 Å².